The summed E-state index contributed by atoms with van der Waals surface area (Å²) in [6, 6.07) is 30.2. The van der Waals surface area contributed by atoms with Crippen LogP contribution in [-0.2, 0) is 0 Å². The van der Waals surface area contributed by atoms with E-state index in [-0.39, 0.29) is 0 Å². The monoisotopic (exact) mass is 672 g/mol. The van der Waals surface area contributed by atoms with E-state index in [0.29, 0.717) is 0 Å². The fourth-order valence-electron chi connectivity index (χ4n) is 3.66. The molecule has 0 bridgehead atoms. The van der Waals surface area contributed by atoms with Crippen LogP contribution in [0.4, 0.5) is 0 Å². The number of halogens is 2. The molecule has 6 rings (SSSR count). The maximum absolute atomic E-state index is 4.82. The highest BCUT2D eigenvalue weighted by Gasteiger charge is 2.09. The highest BCUT2D eigenvalue weighted by Crippen LogP contribution is 2.34. The molecule has 6 heteroatoms. The molecule has 0 unspecified atom stereocenters. The molecule has 2 nitrogen and oxygen atoms in total. The zero-order valence-electron chi connectivity index (χ0n) is 16.5. The van der Waals surface area contributed by atoms with Crippen LogP contribution in [0.5, 0.6) is 0 Å². The van der Waals surface area contributed by atoms with Gasteiger partial charge in [0, 0.05) is 18.3 Å². The van der Waals surface area contributed by atoms with Gasteiger partial charge in [-0.25, -0.2) is 9.97 Å². The Balaban J connectivity index is 1.27. The molecule has 0 radical (unpaired) electrons. The second-order valence-electron chi connectivity index (χ2n) is 7.42. The number of fused-ring (bicyclic) bond motifs is 2. The summed E-state index contributed by atoms with van der Waals surface area (Å²) in [5.74, 6) is 0. The van der Waals surface area contributed by atoms with Crippen LogP contribution in [-0.4, -0.2) is 9.97 Å². The van der Waals surface area contributed by atoms with Crippen molar-refractivity contribution in [1.82, 2.24) is 9.97 Å². The van der Waals surface area contributed by atoms with Gasteiger partial charge in [-0.05, 0) is 92.7 Å². The molecule has 2 heterocycles. The van der Waals surface area contributed by atoms with Gasteiger partial charge in [-0.2, -0.15) is 0 Å². The van der Waals surface area contributed by atoms with Crippen molar-refractivity contribution in [1.29, 1.82) is 0 Å². The Kier molecular flexibility index (Phi) is 5.49. The van der Waals surface area contributed by atoms with Gasteiger partial charge in [-0.3, -0.25) is 0 Å². The Hall–Kier alpha value is -1.88. The standard InChI is InChI=1S/C26H14I2N2S2/c27-19-9-11-23-21(13-19)29-25(31-23)17-5-1-15(2-6-17)16-3-7-18(8-4-16)26-30-22-14-20(28)10-12-24(22)32-26/h1-14H. The lowest BCUT2D eigenvalue weighted by molar-refractivity contribution is 1.46. The number of rotatable bonds is 3. The van der Waals surface area contributed by atoms with Crippen LogP contribution >= 0.6 is 67.9 Å². The van der Waals surface area contributed by atoms with E-state index >= 15 is 0 Å². The zero-order valence-corrected chi connectivity index (χ0v) is 22.5. The Morgan fingerprint density at radius 1 is 0.469 bits per heavy atom. The number of thiazole rings is 2. The number of nitrogens with zero attached hydrogens (tertiary/aromatic N) is 2. The summed E-state index contributed by atoms with van der Waals surface area (Å²) >= 11 is 8.15. The van der Waals surface area contributed by atoms with E-state index in [1.54, 1.807) is 22.7 Å². The Morgan fingerprint density at radius 3 is 1.25 bits per heavy atom. The average molecular weight is 672 g/mol. The van der Waals surface area contributed by atoms with Crippen LogP contribution in [0.15, 0.2) is 84.9 Å². The molecule has 4 aromatic carbocycles. The molecular formula is C26H14I2N2S2. The van der Waals surface area contributed by atoms with Gasteiger partial charge in [-0.15, -0.1) is 22.7 Å². The summed E-state index contributed by atoms with van der Waals surface area (Å²) in [6.45, 7) is 0. The zero-order chi connectivity index (χ0) is 21.7. The summed E-state index contributed by atoms with van der Waals surface area (Å²) in [6.07, 6.45) is 0. The van der Waals surface area contributed by atoms with E-state index in [1.807, 2.05) is 0 Å². The molecule has 2 aromatic heterocycles. The molecule has 0 aliphatic heterocycles. The first-order valence-electron chi connectivity index (χ1n) is 9.96. The Bertz CT molecular complexity index is 1460. The first kappa shape index (κ1) is 20.7. The normalized spacial score (nSPS) is 11.4. The third-order valence-corrected chi connectivity index (χ3v) is 8.81. The van der Waals surface area contributed by atoms with E-state index in [0.717, 1.165) is 32.2 Å². The second-order valence-corrected chi connectivity index (χ2v) is 12.0. The van der Waals surface area contributed by atoms with Crippen molar-refractivity contribution in [2.75, 3.05) is 0 Å². The summed E-state index contributed by atoms with van der Waals surface area (Å²) in [5.41, 5.74) is 6.86. The number of hydrogen-bond acceptors (Lipinski definition) is 4. The van der Waals surface area contributed by atoms with Crippen molar-refractivity contribution in [3.05, 3.63) is 92.1 Å². The number of benzene rings is 4. The van der Waals surface area contributed by atoms with E-state index in [2.05, 4.69) is 130 Å². The Labute approximate surface area is 220 Å². The maximum atomic E-state index is 4.82. The first-order chi connectivity index (χ1) is 15.6. The average Bonchev–Trinajstić information content (AvgIpc) is 3.43. The SMILES string of the molecule is Ic1ccc2sc(-c3ccc(-c4ccc(-c5nc6cc(I)ccc6s5)cc4)cc3)nc2c1. The predicted octanol–water partition coefficient (Wildman–Crippen LogP) is 9.12. The molecular weight excluding hydrogens is 658 g/mol. The molecule has 0 amide bonds. The van der Waals surface area contributed by atoms with Gasteiger partial charge in [0.25, 0.3) is 0 Å². The van der Waals surface area contributed by atoms with Gasteiger partial charge in [0.2, 0.25) is 0 Å². The predicted molar refractivity (Wildman–Crippen MR) is 155 cm³/mol. The molecule has 0 spiro atoms. The molecule has 0 aliphatic rings. The fraction of sp³-hybridized carbons (Fsp3) is 0. The highest BCUT2D eigenvalue weighted by atomic mass is 127. The lowest BCUT2D eigenvalue weighted by atomic mass is 10.0. The molecule has 0 saturated carbocycles. The van der Waals surface area contributed by atoms with Gasteiger partial charge in [-0.1, -0.05) is 48.5 Å². The van der Waals surface area contributed by atoms with E-state index in [9.17, 15) is 0 Å². The number of aromatic nitrogens is 2. The molecule has 0 fully saturated rings. The van der Waals surface area contributed by atoms with Crippen LogP contribution in [0.25, 0.3) is 52.7 Å². The smallest absolute Gasteiger partial charge is 0.124 e. The summed E-state index contributed by atoms with van der Waals surface area (Å²) < 4.78 is 4.88. The minimum Gasteiger partial charge on any atom is -0.236 e. The summed E-state index contributed by atoms with van der Waals surface area (Å²) in [5, 5.41) is 2.13. The minimum absolute atomic E-state index is 1.06. The van der Waals surface area contributed by atoms with Gasteiger partial charge in [0.05, 0.1) is 20.4 Å². The van der Waals surface area contributed by atoms with E-state index in [1.165, 1.54) is 27.7 Å². The lowest BCUT2D eigenvalue weighted by Gasteiger charge is -2.04. The third-order valence-electron chi connectivity index (χ3n) is 5.30. The fourth-order valence-corrected chi connectivity index (χ4v) is 6.51. The van der Waals surface area contributed by atoms with Crippen LogP contribution in [0, 0.1) is 7.14 Å². The molecule has 32 heavy (non-hydrogen) atoms. The van der Waals surface area contributed by atoms with Crippen LogP contribution in [0.1, 0.15) is 0 Å². The van der Waals surface area contributed by atoms with Gasteiger partial charge in [0.15, 0.2) is 0 Å². The molecule has 154 valence electrons. The van der Waals surface area contributed by atoms with E-state index < -0.39 is 0 Å². The molecule has 0 saturated heterocycles. The van der Waals surface area contributed by atoms with Crippen molar-refractivity contribution >= 4 is 88.3 Å². The van der Waals surface area contributed by atoms with Crippen LogP contribution in [0.3, 0.4) is 0 Å². The van der Waals surface area contributed by atoms with Crippen LogP contribution < -0.4 is 0 Å². The quantitative estimate of drug-likeness (QED) is 0.175. The minimum atomic E-state index is 1.06. The molecule has 6 aromatic rings. The van der Waals surface area contributed by atoms with Crippen molar-refractivity contribution < 1.29 is 0 Å². The van der Waals surface area contributed by atoms with Crippen molar-refractivity contribution in [3.63, 3.8) is 0 Å². The highest BCUT2D eigenvalue weighted by molar-refractivity contribution is 14.1. The molecule has 0 atom stereocenters. The van der Waals surface area contributed by atoms with Gasteiger partial charge >= 0.3 is 0 Å². The van der Waals surface area contributed by atoms with E-state index in [4.69, 9.17) is 9.97 Å². The largest absolute Gasteiger partial charge is 0.236 e. The second kappa shape index (κ2) is 8.48. The van der Waals surface area contributed by atoms with Crippen LogP contribution in [0.2, 0.25) is 0 Å². The van der Waals surface area contributed by atoms with Gasteiger partial charge < -0.3 is 0 Å². The lowest BCUT2D eigenvalue weighted by Crippen LogP contribution is -1.81. The molecule has 0 N–H and O–H groups in total. The third kappa shape index (κ3) is 3.98. The summed E-state index contributed by atoms with van der Waals surface area (Å²) in [7, 11) is 0. The Morgan fingerprint density at radius 2 is 0.844 bits per heavy atom. The maximum Gasteiger partial charge on any atom is 0.124 e. The first-order valence-corrected chi connectivity index (χ1v) is 13.7. The van der Waals surface area contributed by atoms with Gasteiger partial charge in [0.1, 0.15) is 10.0 Å². The number of hydrogen-bond donors (Lipinski definition) is 0. The summed E-state index contributed by atoms with van der Waals surface area (Å²) in [4.78, 5) is 9.64. The molecule has 0 aliphatic carbocycles. The topological polar surface area (TPSA) is 25.8 Å². The van der Waals surface area contributed by atoms with Crippen molar-refractivity contribution in [3.8, 4) is 32.3 Å². The van der Waals surface area contributed by atoms with Crippen molar-refractivity contribution in [2.45, 2.75) is 0 Å². The van der Waals surface area contributed by atoms with Crippen molar-refractivity contribution in [2.24, 2.45) is 0 Å².